The second kappa shape index (κ2) is 5.22. The fraction of sp³-hybridized carbons (Fsp3) is 0.500. The van der Waals surface area contributed by atoms with Crippen molar-refractivity contribution < 1.29 is 27.1 Å². The van der Waals surface area contributed by atoms with Gasteiger partial charge in [0.2, 0.25) is 11.5 Å². The summed E-state index contributed by atoms with van der Waals surface area (Å²) in [5, 5.41) is 10.3. The lowest BCUT2D eigenvalue weighted by atomic mass is 10.4. The Bertz CT molecular complexity index is 538. The molecule has 2 N–H and O–H groups in total. The monoisotopic (exact) mass is 279 g/mol. The highest BCUT2D eigenvalue weighted by Gasteiger charge is 2.27. The van der Waals surface area contributed by atoms with E-state index in [1.165, 1.54) is 0 Å². The predicted molar refractivity (Wildman–Crippen MR) is 52.6 cm³/mol. The topological polar surface area (TPSA) is 113 Å². The van der Waals surface area contributed by atoms with Gasteiger partial charge >= 0.3 is 6.18 Å². The molecule has 0 spiro atoms. The molecule has 11 heteroatoms. The van der Waals surface area contributed by atoms with Gasteiger partial charge in [-0.05, 0) is 10.3 Å². The van der Waals surface area contributed by atoms with Crippen molar-refractivity contribution in [2.24, 2.45) is 0 Å². The summed E-state index contributed by atoms with van der Waals surface area (Å²) in [7, 11) is 0. The van der Waals surface area contributed by atoms with E-state index in [-0.39, 0.29) is 36.3 Å². The van der Waals surface area contributed by atoms with Gasteiger partial charge in [-0.2, -0.15) is 18.2 Å². The molecule has 0 radical (unpaired) electrons. The van der Waals surface area contributed by atoms with Crippen LogP contribution < -0.4 is 5.73 Å². The Morgan fingerprint density at radius 3 is 2.63 bits per heavy atom. The maximum atomic E-state index is 11.8. The van der Waals surface area contributed by atoms with Crippen LogP contribution >= 0.6 is 0 Å². The molecule has 2 rings (SSSR count). The molecule has 2 aromatic rings. The number of nitrogens with two attached hydrogens (primary N) is 1. The number of anilines is 1. The van der Waals surface area contributed by atoms with Crippen LogP contribution in [0, 0.1) is 0 Å². The van der Waals surface area contributed by atoms with Gasteiger partial charge in [-0.25, -0.2) is 4.63 Å². The molecule has 0 aliphatic carbocycles. The molecule has 0 saturated heterocycles. The molecule has 0 fully saturated rings. The van der Waals surface area contributed by atoms with Crippen LogP contribution in [0.3, 0.4) is 0 Å². The van der Waals surface area contributed by atoms with E-state index in [4.69, 9.17) is 10.3 Å². The Balaban J connectivity index is 1.87. The van der Waals surface area contributed by atoms with Crippen molar-refractivity contribution in [3.63, 3.8) is 0 Å². The number of aromatic nitrogens is 4. The van der Waals surface area contributed by atoms with Crippen LogP contribution in [0.25, 0.3) is 11.6 Å². The summed E-state index contributed by atoms with van der Waals surface area (Å²) in [4.78, 5) is 3.87. The summed E-state index contributed by atoms with van der Waals surface area (Å²) in [6.07, 6.45) is -4.30. The molecule has 0 atom stereocenters. The molecule has 2 heterocycles. The van der Waals surface area contributed by atoms with Crippen molar-refractivity contribution in [2.75, 3.05) is 18.9 Å². The van der Waals surface area contributed by atoms with E-state index < -0.39 is 12.8 Å². The van der Waals surface area contributed by atoms with Gasteiger partial charge in [0.05, 0.1) is 6.61 Å². The summed E-state index contributed by atoms with van der Waals surface area (Å²) < 4.78 is 49.0. The lowest BCUT2D eigenvalue weighted by Gasteiger charge is -2.05. The minimum atomic E-state index is -4.36. The van der Waals surface area contributed by atoms with Crippen LogP contribution in [0.15, 0.2) is 9.15 Å². The summed E-state index contributed by atoms with van der Waals surface area (Å²) >= 11 is 0. The number of alkyl halides is 3. The van der Waals surface area contributed by atoms with Crippen molar-refractivity contribution in [1.82, 2.24) is 20.5 Å². The zero-order valence-electron chi connectivity index (χ0n) is 9.35. The molecule has 0 bridgehead atoms. The zero-order chi connectivity index (χ0) is 13.9. The largest absolute Gasteiger partial charge is 0.411 e. The molecular formula is C8H8F3N5O3. The minimum absolute atomic E-state index is 0.0235. The number of ether oxygens (including phenoxy) is 1. The molecule has 2 aromatic heterocycles. The van der Waals surface area contributed by atoms with E-state index >= 15 is 0 Å². The average molecular weight is 279 g/mol. The third kappa shape index (κ3) is 3.64. The van der Waals surface area contributed by atoms with Gasteiger partial charge in [0.1, 0.15) is 6.61 Å². The fourth-order valence-electron chi connectivity index (χ4n) is 1.15. The first-order chi connectivity index (χ1) is 8.96. The molecule has 19 heavy (non-hydrogen) atoms. The highest BCUT2D eigenvalue weighted by molar-refractivity contribution is 5.60. The van der Waals surface area contributed by atoms with Crippen LogP contribution in [0.1, 0.15) is 5.82 Å². The van der Waals surface area contributed by atoms with Gasteiger partial charge in [0.25, 0.3) is 5.89 Å². The fourth-order valence-corrected chi connectivity index (χ4v) is 1.15. The normalized spacial score (nSPS) is 11.9. The van der Waals surface area contributed by atoms with Crippen molar-refractivity contribution in [1.29, 1.82) is 0 Å². The molecule has 0 amide bonds. The Morgan fingerprint density at radius 2 is 2.00 bits per heavy atom. The Morgan fingerprint density at radius 1 is 1.21 bits per heavy atom. The number of hydrogen-bond donors (Lipinski definition) is 1. The van der Waals surface area contributed by atoms with E-state index in [1.807, 2.05) is 0 Å². The van der Waals surface area contributed by atoms with Crippen molar-refractivity contribution in [3.8, 4) is 11.6 Å². The minimum Gasteiger partial charge on any atom is -0.379 e. The van der Waals surface area contributed by atoms with E-state index in [1.54, 1.807) is 0 Å². The van der Waals surface area contributed by atoms with Crippen molar-refractivity contribution in [2.45, 2.75) is 12.6 Å². The number of nitrogen functional groups attached to an aromatic ring is 1. The lowest BCUT2D eigenvalue weighted by Crippen LogP contribution is -2.18. The van der Waals surface area contributed by atoms with E-state index in [0.717, 1.165) is 0 Å². The van der Waals surface area contributed by atoms with Crippen molar-refractivity contribution in [3.05, 3.63) is 5.82 Å². The van der Waals surface area contributed by atoms with Gasteiger partial charge in [0, 0.05) is 6.42 Å². The molecule has 0 aliphatic rings. The smallest absolute Gasteiger partial charge is 0.379 e. The van der Waals surface area contributed by atoms with Gasteiger partial charge < -0.3 is 15.0 Å². The van der Waals surface area contributed by atoms with Gasteiger partial charge in [-0.1, -0.05) is 5.16 Å². The van der Waals surface area contributed by atoms with E-state index in [0.29, 0.717) is 0 Å². The highest BCUT2D eigenvalue weighted by Crippen LogP contribution is 2.19. The van der Waals surface area contributed by atoms with Gasteiger partial charge in [-0.3, -0.25) is 0 Å². The summed E-state index contributed by atoms with van der Waals surface area (Å²) in [5.74, 6) is 0.118. The summed E-state index contributed by atoms with van der Waals surface area (Å²) in [5.41, 5.74) is 5.49. The van der Waals surface area contributed by atoms with Crippen LogP contribution in [-0.4, -0.2) is 39.8 Å². The molecule has 0 unspecified atom stereocenters. The predicted octanol–water partition coefficient (Wildman–Crippen LogP) is 0.823. The highest BCUT2D eigenvalue weighted by atomic mass is 19.4. The van der Waals surface area contributed by atoms with Gasteiger partial charge in [0.15, 0.2) is 5.82 Å². The van der Waals surface area contributed by atoms with Crippen LogP contribution in [0.2, 0.25) is 0 Å². The van der Waals surface area contributed by atoms with E-state index in [2.05, 4.69) is 29.8 Å². The Kier molecular flexibility index (Phi) is 3.64. The van der Waals surface area contributed by atoms with Crippen molar-refractivity contribution >= 4 is 5.82 Å². The molecule has 0 saturated carbocycles. The molecule has 0 aliphatic heterocycles. The van der Waals surface area contributed by atoms with Crippen LogP contribution in [-0.2, 0) is 11.2 Å². The first-order valence-corrected chi connectivity index (χ1v) is 5.01. The molecular weight excluding hydrogens is 271 g/mol. The first-order valence-electron chi connectivity index (χ1n) is 5.01. The Hall–Kier alpha value is -2.17. The maximum absolute atomic E-state index is 11.8. The number of rotatable bonds is 5. The molecule has 8 nitrogen and oxygen atoms in total. The van der Waals surface area contributed by atoms with Crippen LogP contribution in [0.5, 0.6) is 0 Å². The number of nitrogens with zero attached hydrogens (tertiary/aromatic N) is 4. The summed E-state index contributed by atoms with van der Waals surface area (Å²) in [6.45, 7) is -1.51. The SMILES string of the molecule is Nc1nonc1-c1nc(CCOCC(F)(F)F)no1. The zero-order valence-corrected chi connectivity index (χ0v) is 9.35. The third-order valence-electron chi connectivity index (χ3n) is 1.92. The average Bonchev–Trinajstić information content (AvgIpc) is 2.91. The molecule has 104 valence electrons. The first kappa shape index (κ1) is 13.3. The van der Waals surface area contributed by atoms with Gasteiger partial charge in [-0.15, -0.1) is 0 Å². The molecule has 0 aromatic carbocycles. The standard InChI is InChI=1S/C8H8F3N5O3/c9-8(10,11)3-17-2-1-4-13-7(18-14-4)5-6(12)16-19-15-5/h1-3H2,(H2,12,16). The summed E-state index contributed by atoms with van der Waals surface area (Å²) in [6, 6.07) is 0. The second-order valence-electron chi connectivity index (χ2n) is 3.43. The quantitative estimate of drug-likeness (QED) is 0.800. The second-order valence-corrected chi connectivity index (χ2v) is 3.43. The third-order valence-corrected chi connectivity index (χ3v) is 1.92. The number of halogens is 3. The number of hydrogen-bond acceptors (Lipinski definition) is 8. The maximum Gasteiger partial charge on any atom is 0.411 e. The van der Waals surface area contributed by atoms with E-state index in [9.17, 15) is 13.2 Å². The van der Waals surface area contributed by atoms with Crippen LogP contribution in [0.4, 0.5) is 19.0 Å². The lowest BCUT2D eigenvalue weighted by molar-refractivity contribution is -0.173. The Labute approximate surface area is 103 Å².